The molecule has 1 amide bonds. The number of nitrogens with zero attached hydrogens (tertiary/aromatic N) is 1. The molecule has 3 rings (SSSR count). The van der Waals surface area contributed by atoms with E-state index in [1.807, 2.05) is 31.2 Å². The van der Waals surface area contributed by atoms with Gasteiger partial charge in [0.15, 0.2) is 6.10 Å². The number of carbonyl (C=O) groups excluding carboxylic acids is 1. The molecule has 150 valence electrons. The van der Waals surface area contributed by atoms with Crippen LogP contribution in [0.3, 0.4) is 0 Å². The van der Waals surface area contributed by atoms with E-state index in [9.17, 15) is 13.2 Å². The summed E-state index contributed by atoms with van der Waals surface area (Å²) in [6.07, 6.45) is 0.107. The van der Waals surface area contributed by atoms with E-state index in [4.69, 9.17) is 21.1 Å². The summed E-state index contributed by atoms with van der Waals surface area (Å²) < 4.78 is 36.7. The second kappa shape index (κ2) is 8.28. The van der Waals surface area contributed by atoms with Gasteiger partial charge in [-0.15, -0.1) is 0 Å². The predicted octanol–water partition coefficient (Wildman–Crippen LogP) is 2.37. The second-order valence-electron chi connectivity index (χ2n) is 6.47. The van der Waals surface area contributed by atoms with Gasteiger partial charge in [-0.25, -0.2) is 8.42 Å². The first-order valence-electron chi connectivity index (χ1n) is 8.65. The van der Waals surface area contributed by atoms with Crippen LogP contribution in [-0.2, 0) is 14.8 Å². The van der Waals surface area contributed by atoms with Gasteiger partial charge in [-0.1, -0.05) is 29.3 Å². The molecule has 2 aromatic rings. The highest BCUT2D eigenvalue weighted by atomic mass is 35.5. The molecule has 28 heavy (non-hydrogen) atoms. The molecule has 7 nitrogen and oxygen atoms in total. The Kier molecular flexibility index (Phi) is 6.00. The van der Waals surface area contributed by atoms with Crippen molar-refractivity contribution in [2.24, 2.45) is 0 Å². The Morgan fingerprint density at radius 3 is 2.68 bits per heavy atom. The number of aryl methyl sites for hydroxylation is 1. The van der Waals surface area contributed by atoms with Gasteiger partial charge in [0.2, 0.25) is 10.0 Å². The maximum Gasteiger partial charge on any atom is 0.263 e. The van der Waals surface area contributed by atoms with Gasteiger partial charge in [0.1, 0.15) is 18.1 Å². The van der Waals surface area contributed by atoms with Crippen molar-refractivity contribution in [3.05, 3.63) is 53.1 Å². The van der Waals surface area contributed by atoms with Crippen LogP contribution < -0.4 is 19.1 Å². The highest BCUT2D eigenvalue weighted by molar-refractivity contribution is 7.92. The number of hydrogen-bond donors (Lipinski definition) is 1. The number of sulfonamides is 1. The summed E-state index contributed by atoms with van der Waals surface area (Å²) >= 11 is 5.96. The zero-order valence-electron chi connectivity index (χ0n) is 15.5. The van der Waals surface area contributed by atoms with Crippen LogP contribution in [0.5, 0.6) is 11.5 Å². The smallest absolute Gasteiger partial charge is 0.263 e. The van der Waals surface area contributed by atoms with Crippen molar-refractivity contribution in [1.29, 1.82) is 0 Å². The molecular formula is C19H21ClN2O5S. The minimum Gasteiger partial charge on any atom is -0.492 e. The Morgan fingerprint density at radius 2 is 2.00 bits per heavy atom. The molecule has 0 unspecified atom stereocenters. The lowest BCUT2D eigenvalue weighted by molar-refractivity contribution is -0.127. The highest BCUT2D eigenvalue weighted by Crippen LogP contribution is 2.37. The Hall–Kier alpha value is -2.45. The number of rotatable bonds is 6. The third-order valence-corrected chi connectivity index (χ3v) is 5.56. The third kappa shape index (κ3) is 4.88. The number of benzene rings is 2. The van der Waals surface area contributed by atoms with Crippen LogP contribution in [0.4, 0.5) is 5.69 Å². The Bertz CT molecular complexity index is 963. The molecule has 0 fully saturated rings. The van der Waals surface area contributed by atoms with Crippen LogP contribution >= 0.6 is 11.6 Å². The maximum atomic E-state index is 12.5. The number of anilines is 1. The summed E-state index contributed by atoms with van der Waals surface area (Å²) in [5.74, 6) is 0.585. The Balaban J connectivity index is 1.61. The molecule has 0 radical (unpaired) electrons. The average Bonchev–Trinajstić information content (AvgIpc) is 2.64. The van der Waals surface area contributed by atoms with E-state index in [-0.39, 0.29) is 25.4 Å². The number of ether oxygens (including phenoxy) is 2. The van der Waals surface area contributed by atoms with Gasteiger partial charge in [0.25, 0.3) is 5.91 Å². The first-order chi connectivity index (χ1) is 13.2. The second-order valence-corrected chi connectivity index (χ2v) is 8.81. The molecule has 0 spiro atoms. The minimum atomic E-state index is -3.60. The molecule has 0 aromatic heterocycles. The van der Waals surface area contributed by atoms with E-state index in [1.165, 1.54) is 6.07 Å². The summed E-state index contributed by atoms with van der Waals surface area (Å²) in [5.41, 5.74) is 1.45. The first kappa shape index (κ1) is 20.3. The van der Waals surface area contributed by atoms with Gasteiger partial charge >= 0.3 is 0 Å². The fraction of sp³-hybridized carbons (Fsp3) is 0.316. The number of hydrogen-bond acceptors (Lipinski definition) is 5. The SMILES string of the molecule is Cc1ccc(OCCNC(=O)[C@H]2CN(S(C)(=O)=O)c3cc(Cl)ccc3O2)cc1. The lowest BCUT2D eigenvalue weighted by Gasteiger charge is -2.34. The quantitative estimate of drug-likeness (QED) is 0.719. The van der Waals surface area contributed by atoms with Crippen molar-refractivity contribution < 1.29 is 22.7 Å². The van der Waals surface area contributed by atoms with E-state index in [0.717, 1.165) is 16.1 Å². The van der Waals surface area contributed by atoms with Gasteiger partial charge in [-0.3, -0.25) is 9.10 Å². The molecular weight excluding hydrogens is 404 g/mol. The highest BCUT2D eigenvalue weighted by Gasteiger charge is 2.35. The number of nitrogens with one attached hydrogen (secondary N) is 1. The van der Waals surface area contributed by atoms with Gasteiger partial charge in [-0.2, -0.15) is 0 Å². The average molecular weight is 425 g/mol. The van der Waals surface area contributed by atoms with Gasteiger partial charge in [0, 0.05) is 5.02 Å². The van der Waals surface area contributed by atoms with E-state index in [0.29, 0.717) is 16.5 Å². The van der Waals surface area contributed by atoms with Gasteiger partial charge in [-0.05, 0) is 37.3 Å². The monoisotopic (exact) mass is 424 g/mol. The van der Waals surface area contributed by atoms with Crippen molar-refractivity contribution in [2.45, 2.75) is 13.0 Å². The van der Waals surface area contributed by atoms with Crippen molar-refractivity contribution in [3.8, 4) is 11.5 Å². The van der Waals surface area contributed by atoms with E-state index in [2.05, 4.69) is 5.32 Å². The number of amides is 1. The predicted molar refractivity (Wildman–Crippen MR) is 108 cm³/mol. The molecule has 1 heterocycles. The summed E-state index contributed by atoms with van der Waals surface area (Å²) in [6, 6.07) is 12.2. The topological polar surface area (TPSA) is 84.9 Å². The van der Waals surface area contributed by atoms with Gasteiger partial charge in [0.05, 0.1) is 25.0 Å². The minimum absolute atomic E-state index is 0.128. The molecule has 1 atom stereocenters. The van der Waals surface area contributed by atoms with E-state index in [1.54, 1.807) is 12.1 Å². The maximum absolute atomic E-state index is 12.5. The molecule has 1 N–H and O–H groups in total. The molecule has 0 bridgehead atoms. The lowest BCUT2D eigenvalue weighted by Crippen LogP contribution is -2.51. The normalized spacial score (nSPS) is 16.1. The van der Waals surface area contributed by atoms with Crippen LogP contribution in [0.25, 0.3) is 0 Å². The standard InChI is InChI=1S/C19H21ClN2O5S/c1-13-3-6-15(7-4-13)26-10-9-21-19(23)18-12-22(28(2,24)25)16-11-14(20)5-8-17(16)27-18/h3-8,11,18H,9-10,12H2,1-2H3,(H,21,23)/t18-/m1/s1. The molecule has 0 saturated carbocycles. The zero-order valence-corrected chi connectivity index (χ0v) is 17.1. The van der Waals surface area contributed by atoms with E-state index >= 15 is 0 Å². The number of halogens is 1. The molecule has 0 saturated heterocycles. The van der Waals surface area contributed by atoms with Crippen molar-refractivity contribution in [3.63, 3.8) is 0 Å². The Morgan fingerprint density at radius 1 is 1.29 bits per heavy atom. The van der Waals surface area contributed by atoms with Crippen molar-refractivity contribution in [2.75, 3.05) is 30.3 Å². The fourth-order valence-electron chi connectivity index (χ4n) is 2.77. The van der Waals surface area contributed by atoms with Crippen molar-refractivity contribution >= 4 is 33.2 Å². The summed E-state index contributed by atoms with van der Waals surface area (Å²) in [5, 5.41) is 3.09. The van der Waals surface area contributed by atoms with Gasteiger partial charge < -0.3 is 14.8 Å². The van der Waals surface area contributed by atoms with Crippen LogP contribution in [0.15, 0.2) is 42.5 Å². The zero-order chi connectivity index (χ0) is 20.3. The van der Waals surface area contributed by atoms with Crippen molar-refractivity contribution in [1.82, 2.24) is 5.32 Å². The number of carbonyl (C=O) groups is 1. The van der Waals surface area contributed by atoms with Crippen LogP contribution in [0.2, 0.25) is 5.02 Å². The summed E-state index contributed by atoms with van der Waals surface area (Å²) in [7, 11) is -3.60. The molecule has 1 aliphatic heterocycles. The lowest BCUT2D eigenvalue weighted by atomic mass is 10.2. The Labute approximate surface area is 169 Å². The molecule has 9 heteroatoms. The van der Waals surface area contributed by atoms with Crippen LogP contribution in [0.1, 0.15) is 5.56 Å². The summed E-state index contributed by atoms with van der Waals surface area (Å²) in [4.78, 5) is 12.5. The fourth-order valence-corrected chi connectivity index (χ4v) is 3.84. The summed E-state index contributed by atoms with van der Waals surface area (Å²) in [6.45, 7) is 2.40. The third-order valence-electron chi connectivity index (χ3n) is 4.17. The first-order valence-corrected chi connectivity index (χ1v) is 10.9. The van der Waals surface area contributed by atoms with Crippen LogP contribution in [-0.4, -0.2) is 46.4 Å². The number of fused-ring (bicyclic) bond motifs is 1. The van der Waals surface area contributed by atoms with E-state index < -0.39 is 22.0 Å². The molecule has 0 aliphatic carbocycles. The van der Waals surface area contributed by atoms with Crippen LogP contribution in [0, 0.1) is 6.92 Å². The largest absolute Gasteiger partial charge is 0.492 e. The molecule has 1 aliphatic rings. The molecule has 2 aromatic carbocycles.